The highest BCUT2D eigenvalue weighted by atomic mass is 32.2. The van der Waals surface area contributed by atoms with Gasteiger partial charge in [-0.05, 0) is 48.7 Å². The van der Waals surface area contributed by atoms with E-state index in [9.17, 15) is 14.4 Å². The van der Waals surface area contributed by atoms with E-state index in [2.05, 4.69) is 20.7 Å². The molecule has 9 heteroatoms. The van der Waals surface area contributed by atoms with Gasteiger partial charge in [-0.2, -0.15) is 5.10 Å². The van der Waals surface area contributed by atoms with Gasteiger partial charge in [0.25, 0.3) is 11.1 Å². The van der Waals surface area contributed by atoms with Crippen LogP contribution < -0.4 is 10.6 Å². The molecule has 2 N–H and O–H groups in total. The number of hydrogen-bond donors (Lipinski definition) is 2. The van der Waals surface area contributed by atoms with Crippen LogP contribution in [0.5, 0.6) is 0 Å². The highest BCUT2D eigenvalue weighted by Gasteiger charge is 2.31. The molecule has 8 nitrogen and oxygen atoms in total. The Morgan fingerprint density at radius 1 is 1.22 bits per heavy atom. The topological polar surface area (TPSA) is 106 Å². The summed E-state index contributed by atoms with van der Waals surface area (Å²) in [7, 11) is 1.85. The summed E-state index contributed by atoms with van der Waals surface area (Å²) in [5, 5.41) is 8.64. The molecule has 3 aromatic rings. The third-order valence-electron chi connectivity index (χ3n) is 5.00. The quantitative estimate of drug-likeness (QED) is 0.561. The number of aryl methyl sites for hydroxylation is 1. The number of thioether (sulfide) groups is 1. The highest BCUT2D eigenvalue weighted by Crippen LogP contribution is 2.25. The molecule has 4 rings (SSSR count). The molecule has 1 unspecified atom stereocenters. The molecule has 0 saturated carbocycles. The molecule has 32 heavy (non-hydrogen) atoms. The van der Waals surface area contributed by atoms with Crippen LogP contribution in [0.1, 0.15) is 18.1 Å². The second kappa shape index (κ2) is 9.19. The zero-order chi connectivity index (χ0) is 22.7. The van der Waals surface area contributed by atoms with Gasteiger partial charge in [0.2, 0.25) is 5.91 Å². The first-order valence-corrected chi connectivity index (χ1v) is 10.8. The lowest BCUT2D eigenvalue weighted by Crippen LogP contribution is -2.25. The number of nitrogens with zero attached hydrogens (tertiary/aromatic N) is 3. The summed E-state index contributed by atoms with van der Waals surface area (Å²) in [5.74, 6) is -0.491. The van der Waals surface area contributed by atoms with Crippen LogP contribution in [0.4, 0.5) is 10.5 Å². The number of nitrogens with one attached hydrogen (secondary N) is 2. The normalized spacial score (nSPS) is 16.2. The van der Waals surface area contributed by atoms with Crippen molar-refractivity contribution in [2.75, 3.05) is 5.32 Å². The summed E-state index contributed by atoms with van der Waals surface area (Å²) in [5.41, 5.74) is 4.80. The Balaban J connectivity index is 1.44. The number of carbonyl (C=O) groups excluding carboxylic acids is 3. The van der Waals surface area contributed by atoms with Crippen LogP contribution in [0.3, 0.4) is 0 Å². The smallest absolute Gasteiger partial charge is 0.286 e. The number of imide groups is 1. The number of pyridine rings is 1. The maximum Gasteiger partial charge on any atom is 0.286 e. The van der Waals surface area contributed by atoms with Gasteiger partial charge >= 0.3 is 0 Å². The molecule has 0 radical (unpaired) electrons. The third-order valence-corrected chi connectivity index (χ3v) is 5.98. The monoisotopic (exact) mass is 447 g/mol. The predicted molar refractivity (Wildman–Crippen MR) is 124 cm³/mol. The summed E-state index contributed by atoms with van der Waals surface area (Å²) in [6.07, 6.45) is 9.36. The number of aromatic nitrogens is 3. The molecule has 1 aliphatic rings. The van der Waals surface area contributed by atoms with Gasteiger partial charge in [-0.25, -0.2) is 0 Å². The number of amides is 3. The van der Waals surface area contributed by atoms with Crippen molar-refractivity contribution in [3.63, 3.8) is 0 Å². The van der Waals surface area contributed by atoms with Crippen LogP contribution in [-0.2, 0) is 23.1 Å². The minimum Gasteiger partial charge on any atom is -0.322 e. The van der Waals surface area contributed by atoms with Crippen LogP contribution in [0, 0.1) is 0 Å². The summed E-state index contributed by atoms with van der Waals surface area (Å²) in [6.45, 7) is 1.75. The maximum absolute atomic E-state index is 12.7. The van der Waals surface area contributed by atoms with Gasteiger partial charge in [0.1, 0.15) is 0 Å². The second-order valence-corrected chi connectivity index (χ2v) is 8.61. The lowest BCUT2D eigenvalue weighted by Gasteiger charge is -2.09. The Hall–Kier alpha value is -3.72. The largest absolute Gasteiger partial charge is 0.322 e. The molecular weight excluding hydrogens is 426 g/mol. The van der Waals surface area contributed by atoms with Gasteiger partial charge in [-0.1, -0.05) is 23.9 Å². The van der Waals surface area contributed by atoms with Crippen molar-refractivity contribution in [2.45, 2.75) is 18.6 Å². The number of rotatable bonds is 6. The molecular formula is C23H21N5O3S. The van der Waals surface area contributed by atoms with E-state index in [0.29, 0.717) is 17.7 Å². The number of hydrogen-bond acceptors (Lipinski definition) is 6. The molecule has 1 aromatic carbocycles. The Morgan fingerprint density at radius 3 is 2.66 bits per heavy atom. The first-order valence-electron chi connectivity index (χ1n) is 9.92. The van der Waals surface area contributed by atoms with E-state index >= 15 is 0 Å². The summed E-state index contributed by atoms with van der Waals surface area (Å²) >= 11 is 1.00. The molecule has 1 saturated heterocycles. The van der Waals surface area contributed by atoms with Crippen molar-refractivity contribution < 1.29 is 14.4 Å². The zero-order valence-electron chi connectivity index (χ0n) is 17.5. The Labute approximate surface area is 189 Å². The zero-order valence-corrected chi connectivity index (χ0v) is 18.3. The van der Waals surface area contributed by atoms with E-state index in [4.69, 9.17) is 0 Å². The summed E-state index contributed by atoms with van der Waals surface area (Å²) < 4.78 is 1.72. The Morgan fingerprint density at radius 2 is 2.00 bits per heavy atom. The molecule has 0 bridgehead atoms. The van der Waals surface area contributed by atoms with Gasteiger partial charge in [0.05, 0.1) is 11.4 Å². The van der Waals surface area contributed by atoms with Gasteiger partial charge in [-0.3, -0.25) is 29.4 Å². The van der Waals surface area contributed by atoms with E-state index in [1.165, 1.54) is 0 Å². The highest BCUT2D eigenvalue weighted by molar-refractivity contribution is 8.15. The lowest BCUT2D eigenvalue weighted by atomic mass is 10.0. The second-order valence-electron chi connectivity index (χ2n) is 7.43. The number of carbonyl (C=O) groups is 3. The molecule has 2 aromatic heterocycles. The fourth-order valence-corrected chi connectivity index (χ4v) is 4.20. The predicted octanol–water partition coefficient (Wildman–Crippen LogP) is 3.42. The molecule has 1 atom stereocenters. The van der Waals surface area contributed by atoms with Gasteiger partial charge < -0.3 is 5.32 Å². The first kappa shape index (κ1) is 21.5. The third kappa shape index (κ3) is 4.94. The van der Waals surface area contributed by atoms with E-state index < -0.39 is 5.25 Å². The molecule has 3 amide bonds. The molecule has 0 spiro atoms. The average Bonchev–Trinajstić information content (AvgIpc) is 3.34. The van der Waals surface area contributed by atoms with E-state index in [1.807, 2.05) is 31.4 Å². The standard InChI is InChI=1S/C23H21N5O3S/c1-14(9-16-11-24-8-7-19(16)17-12-25-28(2)13-17)21(29)26-18-5-3-15(4-6-18)10-20-22(30)27-23(31)32-20/h3-9,11-13,20H,10H2,1-2H3,(H,26,29)(H,27,30,31). The van der Waals surface area contributed by atoms with E-state index in [1.54, 1.807) is 48.4 Å². The van der Waals surface area contributed by atoms with E-state index in [0.717, 1.165) is 34.0 Å². The number of benzene rings is 1. The Bertz CT molecular complexity index is 1220. The Kier molecular flexibility index (Phi) is 6.18. The van der Waals surface area contributed by atoms with Crippen LogP contribution in [0.25, 0.3) is 17.2 Å². The lowest BCUT2D eigenvalue weighted by molar-refractivity contribution is -0.119. The summed E-state index contributed by atoms with van der Waals surface area (Å²) in [4.78, 5) is 39.9. The van der Waals surface area contributed by atoms with Gasteiger partial charge in [0.15, 0.2) is 0 Å². The van der Waals surface area contributed by atoms with Crippen molar-refractivity contribution in [3.05, 3.63) is 71.8 Å². The fraction of sp³-hybridized carbons (Fsp3) is 0.174. The molecule has 162 valence electrons. The van der Waals surface area contributed by atoms with Crippen molar-refractivity contribution >= 4 is 40.6 Å². The molecule has 1 aliphatic heterocycles. The van der Waals surface area contributed by atoms with Crippen molar-refractivity contribution in [2.24, 2.45) is 7.05 Å². The van der Waals surface area contributed by atoms with Crippen LogP contribution in [0.15, 0.2) is 60.7 Å². The van der Waals surface area contributed by atoms with Gasteiger partial charge in [-0.15, -0.1) is 0 Å². The van der Waals surface area contributed by atoms with Crippen LogP contribution in [-0.4, -0.2) is 37.1 Å². The SMILES string of the molecule is CC(=Cc1cnccc1-c1cnn(C)c1)C(=O)Nc1ccc(CC2SC(=O)NC2=O)cc1. The van der Waals surface area contributed by atoms with Crippen LogP contribution >= 0.6 is 11.8 Å². The van der Waals surface area contributed by atoms with Crippen molar-refractivity contribution in [1.82, 2.24) is 20.1 Å². The number of anilines is 1. The minimum atomic E-state index is -0.415. The van der Waals surface area contributed by atoms with Crippen LogP contribution in [0.2, 0.25) is 0 Å². The molecule has 0 aliphatic carbocycles. The molecule has 3 heterocycles. The maximum atomic E-state index is 12.7. The first-order chi connectivity index (χ1) is 15.4. The van der Waals surface area contributed by atoms with E-state index in [-0.39, 0.29) is 17.1 Å². The van der Waals surface area contributed by atoms with Crippen molar-refractivity contribution in [3.8, 4) is 11.1 Å². The van der Waals surface area contributed by atoms with Crippen molar-refractivity contribution in [1.29, 1.82) is 0 Å². The fourth-order valence-electron chi connectivity index (χ4n) is 3.34. The summed E-state index contributed by atoms with van der Waals surface area (Å²) in [6, 6.07) is 9.14. The average molecular weight is 448 g/mol. The minimum absolute atomic E-state index is 0.227. The van der Waals surface area contributed by atoms with Gasteiger partial charge in [0, 0.05) is 48.0 Å². The molecule has 1 fully saturated rings.